The van der Waals surface area contributed by atoms with E-state index in [1.165, 1.54) is 0 Å². The number of para-hydroxylation sites is 2. The molecule has 2 rings (SSSR count). The fourth-order valence-corrected chi connectivity index (χ4v) is 1.13. The smallest absolute Gasteiger partial charge is 0.239 e. The molecular weight excluding hydrogens is 156 g/mol. The van der Waals surface area contributed by atoms with Crippen molar-refractivity contribution < 1.29 is 14.6 Å². The maximum atomic E-state index is 9.47. The fraction of sp³-hybridized carbons (Fsp3) is 0.333. The van der Waals surface area contributed by atoms with Crippen molar-refractivity contribution in [3.63, 3.8) is 0 Å². The summed E-state index contributed by atoms with van der Waals surface area (Å²) in [6.07, 6.45) is 0. The third-order valence-corrected chi connectivity index (χ3v) is 1.67. The fourth-order valence-electron chi connectivity index (χ4n) is 1.13. The van der Waals surface area contributed by atoms with Crippen LogP contribution in [0.1, 0.15) is 6.92 Å². The average molecular weight is 166 g/mol. The van der Waals surface area contributed by atoms with Crippen LogP contribution in [0, 0.1) is 0 Å². The predicted octanol–water partition coefficient (Wildman–Crippen LogP) is 1.17. The molecule has 0 aromatic heterocycles. The number of aliphatic hydroxyl groups is 1. The minimum atomic E-state index is -1.20. The van der Waals surface area contributed by atoms with Crippen LogP contribution in [-0.2, 0) is 0 Å². The van der Waals surface area contributed by atoms with Crippen LogP contribution in [0.3, 0.4) is 0 Å². The topological polar surface area (TPSA) is 38.7 Å². The van der Waals surface area contributed by atoms with Gasteiger partial charge in [0.05, 0.1) is 0 Å². The third-order valence-electron chi connectivity index (χ3n) is 1.67. The van der Waals surface area contributed by atoms with Crippen LogP contribution < -0.4 is 9.47 Å². The molecule has 1 heterocycles. The molecule has 0 unspecified atom stereocenters. The van der Waals surface area contributed by atoms with Crippen LogP contribution in [0.5, 0.6) is 11.5 Å². The number of hydrogen-bond donors (Lipinski definition) is 1. The van der Waals surface area contributed by atoms with Gasteiger partial charge in [0.25, 0.3) is 0 Å². The number of hydrogen-bond acceptors (Lipinski definition) is 3. The Morgan fingerprint density at radius 2 is 2.00 bits per heavy atom. The van der Waals surface area contributed by atoms with Gasteiger partial charge in [-0.05, 0) is 12.1 Å². The highest BCUT2D eigenvalue weighted by Gasteiger charge is 2.29. The molecule has 0 saturated heterocycles. The van der Waals surface area contributed by atoms with Gasteiger partial charge in [-0.15, -0.1) is 0 Å². The molecular formula is C9H10O3. The minimum Gasteiger partial charge on any atom is -0.483 e. The quantitative estimate of drug-likeness (QED) is 0.628. The second kappa shape index (κ2) is 2.38. The summed E-state index contributed by atoms with van der Waals surface area (Å²) in [6.45, 7) is 1.74. The van der Waals surface area contributed by atoms with Gasteiger partial charge in [-0.2, -0.15) is 0 Å². The van der Waals surface area contributed by atoms with Gasteiger partial charge in [-0.25, -0.2) is 0 Å². The molecule has 3 nitrogen and oxygen atoms in total. The maximum absolute atomic E-state index is 9.47. The number of ether oxygens (including phenoxy) is 2. The van der Waals surface area contributed by atoms with Crippen molar-refractivity contribution in [2.24, 2.45) is 0 Å². The molecule has 1 N–H and O–H groups in total. The monoisotopic (exact) mass is 166 g/mol. The Morgan fingerprint density at radius 3 is 2.75 bits per heavy atom. The van der Waals surface area contributed by atoms with E-state index in [2.05, 4.69) is 0 Å². The molecule has 0 fully saturated rings. The normalized spacial score (nSPS) is 26.8. The van der Waals surface area contributed by atoms with Crippen LogP contribution in [0.2, 0.25) is 0 Å². The molecule has 1 aliphatic rings. The number of fused-ring (bicyclic) bond motifs is 1. The molecule has 1 atom stereocenters. The van der Waals surface area contributed by atoms with Crippen LogP contribution in [0.25, 0.3) is 0 Å². The van der Waals surface area contributed by atoms with E-state index in [0.29, 0.717) is 11.5 Å². The lowest BCUT2D eigenvalue weighted by atomic mass is 10.2. The van der Waals surface area contributed by atoms with E-state index >= 15 is 0 Å². The minimum absolute atomic E-state index is 0.171. The lowest BCUT2D eigenvalue weighted by Gasteiger charge is -2.30. The van der Waals surface area contributed by atoms with E-state index in [-0.39, 0.29) is 6.61 Å². The zero-order valence-corrected chi connectivity index (χ0v) is 6.78. The average Bonchev–Trinajstić information content (AvgIpc) is 2.02. The highest BCUT2D eigenvalue weighted by atomic mass is 16.7. The molecule has 1 aromatic rings. The van der Waals surface area contributed by atoms with Crippen LogP contribution in [-0.4, -0.2) is 17.5 Å². The molecule has 0 saturated carbocycles. The van der Waals surface area contributed by atoms with Crippen molar-refractivity contribution in [3.8, 4) is 11.5 Å². The summed E-state index contributed by atoms with van der Waals surface area (Å²) in [7, 11) is 0. The van der Waals surface area contributed by atoms with Crippen molar-refractivity contribution in [3.05, 3.63) is 24.3 Å². The van der Waals surface area contributed by atoms with Gasteiger partial charge in [-0.3, -0.25) is 0 Å². The van der Waals surface area contributed by atoms with E-state index in [9.17, 15) is 5.11 Å². The van der Waals surface area contributed by atoms with E-state index < -0.39 is 5.79 Å². The van der Waals surface area contributed by atoms with E-state index in [4.69, 9.17) is 9.47 Å². The molecule has 0 aliphatic carbocycles. The lowest BCUT2D eigenvalue weighted by molar-refractivity contribution is -0.159. The molecule has 0 bridgehead atoms. The van der Waals surface area contributed by atoms with Gasteiger partial charge >= 0.3 is 0 Å². The zero-order chi connectivity index (χ0) is 8.60. The van der Waals surface area contributed by atoms with Crippen molar-refractivity contribution in [1.29, 1.82) is 0 Å². The number of benzene rings is 1. The van der Waals surface area contributed by atoms with Crippen molar-refractivity contribution >= 4 is 0 Å². The molecule has 64 valence electrons. The Kier molecular flexibility index (Phi) is 1.48. The Bertz CT molecular complexity index is 294. The second-order valence-corrected chi connectivity index (χ2v) is 3.01. The molecule has 3 heteroatoms. The highest BCUT2D eigenvalue weighted by molar-refractivity contribution is 5.40. The van der Waals surface area contributed by atoms with Crippen molar-refractivity contribution in [2.45, 2.75) is 12.7 Å². The summed E-state index contributed by atoms with van der Waals surface area (Å²) in [4.78, 5) is 0. The molecule has 0 radical (unpaired) electrons. The first kappa shape index (κ1) is 7.43. The predicted molar refractivity (Wildman–Crippen MR) is 43.2 cm³/mol. The van der Waals surface area contributed by atoms with Gasteiger partial charge in [0, 0.05) is 6.92 Å². The summed E-state index contributed by atoms with van der Waals surface area (Å²) in [5, 5.41) is 9.47. The largest absolute Gasteiger partial charge is 0.483 e. The van der Waals surface area contributed by atoms with Crippen LogP contribution in [0.4, 0.5) is 0 Å². The Morgan fingerprint density at radius 1 is 1.33 bits per heavy atom. The Hall–Kier alpha value is -1.22. The Labute approximate surface area is 70.5 Å². The Balaban J connectivity index is 2.35. The van der Waals surface area contributed by atoms with Crippen LogP contribution >= 0.6 is 0 Å². The summed E-state index contributed by atoms with van der Waals surface area (Å²) >= 11 is 0. The standard InChI is InChI=1S/C9H10O3/c1-9(10)6-11-7-4-2-3-5-8(7)12-9/h2-5,10H,6H2,1H3/t9-/m0/s1. The third kappa shape index (κ3) is 1.23. The van der Waals surface area contributed by atoms with Gasteiger partial charge in [-0.1, -0.05) is 12.1 Å². The summed E-state index contributed by atoms with van der Waals surface area (Å²) in [6, 6.07) is 7.28. The second-order valence-electron chi connectivity index (χ2n) is 3.01. The van der Waals surface area contributed by atoms with Crippen molar-refractivity contribution in [2.75, 3.05) is 6.61 Å². The van der Waals surface area contributed by atoms with E-state index in [1.54, 1.807) is 13.0 Å². The first-order chi connectivity index (χ1) is 5.67. The van der Waals surface area contributed by atoms with Crippen molar-refractivity contribution in [1.82, 2.24) is 0 Å². The van der Waals surface area contributed by atoms with Crippen LogP contribution in [0.15, 0.2) is 24.3 Å². The van der Waals surface area contributed by atoms with E-state index in [1.807, 2.05) is 18.2 Å². The van der Waals surface area contributed by atoms with Gasteiger partial charge in [0.1, 0.15) is 0 Å². The first-order valence-electron chi connectivity index (χ1n) is 3.81. The summed E-state index contributed by atoms with van der Waals surface area (Å²) in [5.41, 5.74) is 0. The zero-order valence-electron chi connectivity index (χ0n) is 6.78. The molecule has 1 aromatic carbocycles. The lowest BCUT2D eigenvalue weighted by Crippen LogP contribution is -2.41. The van der Waals surface area contributed by atoms with Gasteiger partial charge in [0.15, 0.2) is 18.1 Å². The van der Waals surface area contributed by atoms with Gasteiger partial charge < -0.3 is 14.6 Å². The molecule has 1 aliphatic heterocycles. The number of rotatable bonds is 0. The maximum Gasteiger partial charge on any atom is 0.239 e. The summed E-state index contributed by atoms with van der Waals surface area (Å²) < 4.78 is 10.5. The first-order valence-corrected chi connectivity index (χ1v) is 3.81. The van der Waals surface area contributed by atoms with Gasteiger partial charge in [0.2, 0.25) is 5.79 Å². The molecule has 0 spiro atoms. The molecule has 0 amide bonds. The van der Waals surface area contributed by atoms with E-state index in [0.717, 1.165) is 0 Å². The SMILES string of the molecule is C[C@@]1(O)COc2ccccc2O1. The summed E-state index contributed by atoms with van der Waals surface area (Å²) in [5.74, 6) is 0.0757. The highest BCUT2D eigenvalue weighted by Crippen LogP contribution is 2.33. The molecule has 12 heavy (non-hydrogen) atoms.